The fourth-order valence-electron chi connectivity index (χ4n) is 4.33. The molecule has 0 amide bonds. The van der Waals surface area contributed by atoms with Crippen LogP contribution in [0, 0.1) is 27.7 Å². The van der Waals surface area contributed by atoms with E-state index in [4.69, 9.17) is 5.11 Å². The van der Waals surface area contributed by atoms with Gasteiger partial charge in [0.15, 0.2) is 0 Å². The van der Waals surface area contributed by atoms with Crippen molar-refractivity contribution in [1.82, 2.24) is 0 Å². The minimum atomic E-state index is -0.948. The zero-order valence-corrected chi connectivity index (χ0v) is 21.2. The van der Waals surface area contributed by atoms with E-state index in [0.717, 1.165) is 28.5 Å². The Morgan fingerprint density at radius 2 is 1.03 bits per heavy atom. The first kappa shape index (κ1) is 24.7. The van der Waals surface area contributed by atoms with E-state index in [2.05, 4.69) is 105 Å². The average Bonchev–Trinajstić information content (AvgIpc) is 2.85. The summed E-state index contributed by atoms with van der Waals surface area (Å²) < 4.78 is 0. The molecule has 0 atom stereocenters. The molecule has 3 nitrogen and oxygen atoms in total. The van der Waals surface area contributed by atoms with Crippen LogP contribution in [0.3, 0.4) is 0 Å². The van der Waals surface area contributed by atoms with Crippen LogP contribution in [0.25, 0.3) is 18.2 Å². The van der Waals surface area contributed by atoms with Gasteiger partial charge in [0.1, 0.15) is 0 Å². The van der Waals surface area contributed by atoms with Gasteiger partial charge in [-0.05, 0) is 85.9 Å². The summed E-state index contributed by atoms with van der Waals surface area (Å²) in [6.07, 6.45) is 6.88. The lowest BCUT2D eigenvalue weighted by atomic mass is 10.0. The van der Waals surface area contributed by atoms with Crippen LogP contribution in [-0.2, 0) is 4.79 Å². The van der Waals surface area contributed by atoms with Crippen LogP contribution < -0.4 is 4.90 Å². The molecule has 180 valence electrons. The number of carboxylic acids is 1. The van der Waals surface area contributed by atoms with Crippen molar-refractivity contribution in [3.8, 4) is 0 Å². The SMILES string of the molecule is Cc1ccc(N(c2ccc(C=Cc3ccc(/C=C/C(=O)O)cc3)cc2)c2ccc(C)cc2C)c(C)c1. The van der Waals surface area contributed by atoms with Crippen LogP contribution in [0.5, 0.6) is 0 Å². The topological polar surface area (TPSA) is 40.5 Å². The minimum absolute atomic E-state index is 0.858. The average molecular weight is 474 g/mol. The van der Waals surface area contributed by atoms with Gasteiger partial charge in [0.25, 0.3) is 0 Å². The number of anilines is 3. The molecule has 0 spiro atoms. The summed E-state index contributed by atoms with van der Waals surface area (Å²) in [7, 11) is 0. The van der Waals surface area contributed by atoms with E-state index in [1.165, 1.54) is 33.6 Å². The summed E-state index contributed by atoms with van der Waals surface area (Å²) in [5.41, 5.74) is 11.5. The number of benzene rings is 4. The molecule has 36 heavy (non-hydrogen) atoms. The van der Waals surface area contributed by atoms with Gasteiger partial charge in [0, 0.05) is 23.1 Å². The van der Waals surface area contributed by atoms with Gasteiger partial charge in [-0.15, -0.1) is 0 Å². The highest BCUT2D eigenvalue weighted by Crippen LogP contribution is 2.38. The summed E-state index contributed by atoms with van der Waals surface area (Å²) in [6.45, 7) is 8.58. The zero-order chi connectivity index (χ0) is 25.7. The lowest BCUT2D eigenvalue weighted by Crippen LogP contribution is -2.12. The Labute approximate surface area is 213 Å². The number of carboxylic acid groups (broad SMARTS) is 1. The Morgan fingerprint density at radius 1 is 0.611 bits per heavy atom. The molecule has 0 saturated carbocycles. The summed E-state index contributed by atoms with van der Waals surface area (Å²) in [6, 6.07) is 29.6. The lowest BCUT2D eigenvalue weighted by Gasteiger charge is -2.29. The van der Waals surface area contributed by atoms with Crippen molar-refractivity contribution >= 4 is 41.3 Å². The molecule has 0 aromatic heterocycles. The maximum atomic E-state index is 10.7. The molecule has 4 aromatic carbocycles. The maximum absolute atomic E-state index is 10.7. The van der Waals surface area contributed by atoms with E-state index in [9.17, 15) is 4.79 Å². The number of aryl methyl sites for hydroxylation is 4. The number of carbonyl (C=O) groups is 1. The van der Waals surface area contributed by atoms with Crippen molar-refractivity contribution in [2.45, 2.75) is 27.7 Å². The third kappa shape index (κ3) is 6.00. The van der Waals surface area contributed by atoms with E-state index in [1.54, 1.807) is 6.08 Å². The Hall–Kier alpha value is -4.37. The largest absolute Gasteiger partial charge is 0.478 e. The number of nitrogens with zero attached hydrogens (tertiary/aromatic N) is 1. The van der Waals surface area contributed by atoms with Gasteiger partial charge >= 0.3 is 5.97 Å². The highest BCUT2D eigenvalue weighted by Gasteiger charge is 2.16. The molecule has 0 radical (unpaired) electrons. The second-order valence-electron chi connectivity index (χ2n) is 9.18. The van der Waals surface area contributed by atoms with E-state index < -0.39 is 5.97 Å². The first-order valence-electron chi connectivity index (χ1n) is 12.0. The lowest BCUT2D eigenvalue weighted by molar-refractivity contribution is -0.131. The highest BCUT2D eigenvalue weighted by atomic mass is 16.4. The fourth-order valence-corrected chi connectivity index (χ4v) is 4.33. The molecule has 1 N–H and O–H groups in total. The standard InChI is InChI=1S/C33H31NO2/c1-23-5-18-31(25(3)21-23)34(32-19-6-24(2)22-26(32)4)30-16-13-29(14-17-30)12-9-27-7-10-28(11-8-27)15-20-33(35)36/h5-22H,1-4H3,(H,35,36)/b12-9?,20-15+. The van der Waals surface area contributed by atoms with Crippen molar-refractivity contribution in [3.05, 3.63) is 130 Å². The van der Waals surface area contributed by atoms with Gasteiger partial charge in [-0.1, -0.05) is 83.9 Å². The van der Waals surface area contributed by atoms with Gasteiger partial charge in [-0.2, -0.15) is 0 Å². The van der Waals surface area contributed by atoms with Crippen LogP contribution in [0.2, 0.25) is 0 Å². The van der Waals surface area contributed by atoms with E-state index in [-0.39, 0.29) is 0 Å². The van der Waals surface area contributed by atoms with Crippen LogP contribution >= 0.6 is 0 Å². The van der Waals surface area contributed by atoms with Gasteiger partial charge in [-0.3, -0.25) is 0 Å². The number of rotatable bonds is 7. The molecule has 0 heterocycles. The fraction of sp³-hybridized carbons (Fsp3) is 0.121. The molecule has 4 rings (SSSR count). The molecule has 0 saturated heterocycles. The van der Waals surface area contributed by atoms with Crippen molar-refractivity contribution in [2.24, 2.45) is 0 Å². The van der Waals surface area contributed by atoms with Gasteiger partial charge in [0.2, 0.25) is 0 Å². The van der Waals surface area contributed by atoms with Gasteiger partial charge < -0.3 is 10.0 Å². The molecule has 3 heteroatoms. The zero-order valence-electron chi connectivity index (χ0n) is 21.2. The van der Waals surface area contributed by atoms with Crippen molar-refractivity contribution in [2.75, 3.05) is 4.90 Å². The van der Waals surface area contributed by atoms with Crippen molar-refractivity contribution < 1.29 is 9.90 Å². The van der Waals surface area contributed by atoms with E-state index in [1.807, 2.05) is 24.3 Å². The Bertz CT molecular complexity index is 1380. The predicted molar refractivity (Wildman–Crippen MR) is 152 cm³/mol. The molecule has 0 aliphatic rings. The molecular formula is C33H31NO2. The van der Waals surface area contributed by atoms with Crippen molar-refractivity contribution in [3.63, 3.8) is 0 Å². The highest BCUT2D eigenvalue weighted by molar-refractivity contribution is 5.85. The Balaban J connectivity index is 1.62. The third-order valence-corrected chi connectivity index (χ3v) is 6.16. The van der Waals surface area contributed by atoms with Crippen molar-refractivity contribution in [1.29, 1.82) is 0 Å². The molecule has 4 aromatic rings. The summed E-state index contributed by atoms with van der Waals surface area (Å²) in [4.78, 5) is 13.0. The second kappa shape index (κ2) is 10.9. The molecule has 0 unspecified atom stereocenters. The monoisotopic (exact) mass is 473 g/mol. The van der Waals surface area contributed by atoms with Crippen LogP contribution in [-0.4, -0.2) is 11.1 Å². The number of aliphatic carboxylic acids is 1. The number of hydrogen-bond acceptors (Lipinski definition) is 2. The van der Waals surface area contributed by atoms with Gasteiger partial charge in [-0.25, -0.2) is 4.79 Å². The normalized spacial score (nSPS) is 11.3. The van der Waals surface area contributed by atoms with E-state index in [0.29, 0.717) is 0 Å². The minimum Gasteiger partial charge on any atom is -0.478 e. The predicted octanol–water partition coefficient (Wildman–Crippen LogP) is 8.66. The Kier molecular flexibility index (Phi) is 7.50. The molecule has 0 aliphatic carbocycles. The number of hydrogen-bond donors (Lipinski definition) is 1. The first-order chi connectivity index (χ1) is 17.3. The smallest absolute Gasteiger partial charge is 0.328 e. The van der Waals surface area contributed by atoms with Gasteiger partial charge in [0.05, 0.1) is 0 Å². The molecular weight excluding hydrogens is 442 g/mol. The van der Waals surface area contributed by atoms with E-state index >= 15 is 0 Å². The third-order valence-electron chi connectivity index (χ3n) is 6.16. The first-order valence-corrected chi connectivity index (χ1v) is 12.0. The summed E-state index contributed by atoms with van der Waals surface area (Å²) >= 11 is 0. The van der Waals surface area contributed by atoms with Crippen LogP contribution in [0.15, 0.2) is 91.0 Å². The maximum Gasteiger partial charge on any atom is 0.328 e. The Morgan fingerprint density at radius 3 is 1.44 bits per heavy atom. The van der Waals surface area contributed by atoms with Crippen LogP contribution in [0.1, 0.15) is 38.9 Å². The quantitative estimate of drug-likeness (QED) is 0.216. The summed E-state index contributed by atoms with van der Waals surface area (Å²) in [5.74, 6) is -0.948. The van der Waals surface area contributed by atoms with Crippen LogP contribution in [0.4, 0.5) is 17.1 Å². The molecule has 0 bridgehead atoms. The molecule has 0 aliphatic heterocycles. The second-order valence-corrected chi connectivity index (χ2v) is 9.18. The molecule has 0 fully saturated rings. The summed E-state index contributed by atoms with van der Waals surface area (Å²) in [5, 5.41) is 8.77.